The van der Waals surface area contributed by atoms with Crippen LogP contribution in [0.15, 0.2) is 59.8 Å². The molecule has 0 saturated carbocycles. The lowest BCUT2D eigenvalue weighted by molar-refractivity contribution is -0.115. The van der Waals surface area contributed by atoms with Crippen LogP contribution < -0.4 is 10.5 Å². The van der Waals surface area contributed by atoms with Crippen LogP contribution in [0, 0.1) is 0 Å². The Balaban J connectivity index is 1.87. The number of carbonyl (C=O) groups is 1. The number of nitrogens with zero attached hydrogens (tertiary/aromatic N) is 2. The van der Waals surface area contributed by atoms with Crippen molar-refractivity contribution in [3.8, 4) is 11.1 Å². The van der Waals surface area contributed by atoms with Gasteiger partial charge in [0.05, 0.1) is 11.3 Å². The molecule has 3 aromatic rings. The maximum Gasteiger partial charge on any atom is 0.238 e. The van der Waals surface area contributed by atoms with E-state index in [-0.39, 0.29) is 17.2 Å². The van der Waals surface area contributed by atoms with Gasteiger partial charge < -0.3 is 5.32 Å². The number of hydrogen-bond donors (Lipinski definition) is 2. The molecule has 9 heteroatoms. The van der Waals surface area contributed by atoms with Gasteiger partial charge in [-0.1, -0.05) is 42.8 Å². The first-order valence-electron chi connectivity index (χ1n) is 9.29. The summed E-state index contributed by atoms with van der Waals surface area (Å²) in [5.74, 6) is 0.352. The standard InChI is InChI=1S/C21H21ClN4O3S/c1-2-5-20-24-12-15(13-25-20)17-9-8-16(11-19(17)30(23,28)29)26-21(27)10-14-6-3-4-7-18(14)22/h3-4,6-9,11-13H,2,5,10H2,1H3,(H,26,27)(H2,23,28,29). The number of sulfonamides is 1. The fraction of sp³-hybridized carbons (Fsp3) is 0.190. The van der Waals surface area contributed by atoms with Crippen molar-refractivity contribution in [2.24, 2.45) is 5.14 Å². The number of amides is 1. The Kier molecular flexibility index (Phi) is 6.81. The van der Waals surface area contributed by atoms with E-state index in [1.807, 2.05) is 6.92 Å². The number of primary sulfonamides is 1. The zero-order chi connectivity index (χ0) is 21.7. The van der Waals surface area contributed by atoms with E-state index in [2.05, 4.69) is 15.3 Å². The van der Waals surface area contributed by atoms with Gasteiger partial charge in [0.2, 0.25) is 15.9 Å². The number of aryl methyl sites for hydroxylation is 1. The van der Waals surface area contributed by atoms with E-state index in [0.717, 1.165) is 12.8 Å². The van der Waals surface area contributed by atoms with E-state index in [1.165, 1.54) is 6.07 Å². The molecule has 0 aliphatic rings. The second kappa shape index (κ2) is 9.34. The van der Waals surface area contributed by atoms with Crippen molar-refractivity contribution >= 4 is 33.2 Å². The third-order valence-electron chi connectivity index (χ3n) is 4.37. The first-order valence-corrected chi connectivity index (χ1v) is 11.2. The number of aromatic nitrogens is 2. The van der Waals surface area contributed by atoms with Crippen molar-refractivity contribution in [3.05, 3.63) is 71.3 Å². The lowest BCUT2D eigenvalue weighted by atomic mass is 10.1. The Morgan fingerprint density at radius 2 is 1.83 bits per heavy atom. The quantitative estimate of drug-likeness (QED) is 0.577. The number of rotatable bonds is 7. The van der Waals surface area contributed by atoms with Gasteiger partial charge >= 0.3 is 0 Å². The predicted octanol–water partition coefficient (Wildman–Crippen LogP) is 3.58. The van der Waals surface area contributed by atoms with Crippen LogP contribution in [0.25, 0.3) is 11.1 Å². The van der Waals surface area contributed by atoms with Crippen molar-refractivity contribution in [2.75, 3.05) is 5.32 Å². The first kappa shape index (κ1) is 21.9. The Morgan fingerprint density at radius 3 is 2.47 bits per heavy atom. The molecule has 1 amide bonds. The summed E-state index contributed by atoms with van der Waals surface area (Å²) in [7, 11) is -4.05. The molecule has 0 aliphatic carbocycles. The van der Waals surface area contributed by atoms with Gasteiger partial charge in [0.15, 0.2) is 0 Å². The van der Waals surface area contributed by atoms with Gasteiger partial charge in [-0.15, -0.1) is 0 Å². The number of benzene rings is 2. The zero-order valence-electron chi connectivity index (χ0n) is 16.3. The molecule has 0 radical (unpaired) electrons. The average molecular weight is 445 g/mol. The largest absolute Gasteiger partial charge is 0.326 e. The van der Waals surface area contributed by atoms with E-state index in [9.17, 15) is 13.2 Å². The monoisotopic (exact) mass is 444 g/mol. The molecule has 30 heavy (non-hydrogen) atoms. The van der Waals surface area contributed by atoms with Crippen molar-refractivity contribution in [3.63, 3.8) is 0 Å². The second-order valence-electron chi connectivity index (χ2n) is 6.71. The Morgan fingerprint density at radius 1 is 1.13 bits per heavy atom. The molecule has 3 N–H and O–H groups in total. The smallest absolute Gasteiger partial charge is 0.238 e. The Hall–Kier alpha value is -2.81. The number of carbonyl (C=O) groups excluding carboxylic acids is 1. The van der Waals surface area contributed by atoms with E-state index in [4.69, 9.17) is 16.7 Å². The summed E-state index contributed by atoms with van der Waals surface area (Å²) in [5.41, 5.74) is 1.87. The van der Waals surface area contributed by atoms with Crippen LogP contribution in [0.2, 0.25) is 5.02 Å². The molecule has 0 saturated heterocycles. The number of hydrogen-bond acceptors (Lipinski definition) is 5. The highest BCUT2D eigenvalue weighted by Gasteiger charge is 2.18. The molecule has 1 aromatic heterocycles. The van der Waals surface area contributed by atoms with Crippen LogP contribution in [-0.2, 0) is 27.7 Å². The van der Waals surface area contributed by atoms with Crippen LogP contribution in [0.1, 0.15) is 24.7 Å². The molecule has 0 unspecified atom stereocenters. The minimum atomic E-state index is -4.05. The highest BCUT2D eigenvalue weighted by atomic mass is 35.5. The van der Waals surface area contributed by atoms with Crippen molar-refractivity contribution in [2.45, 2.75) is 31.1 Å². The van der Waals surface area contributed by atoms with E-state index in [0.29, 0.717) is 33.2 Å². The summed E-state index contributed by atoms with van der Waals surface area (Å²) >= 11 is 6.09. The van der Waals surface area contributed by atoms with Gasteiger partial charge in [-0.3, -0.25) is 4.79 Å². The summed E-state index contributed by atoms with van der Waals surface area (Å²) in [6, 6.07) is 11.5. The summed E-state index contributed by atoms with van der Waals surface area (Å²) < 4.78 is 24.4. The van der Waals surface area contributed by atoms with Gasteiger partial charge in [0.1, 0.15) is 5.82 Å². The fourth-order valence-corrected chi connectivity index (χ4v) is 3.93. The van der Waals surface area contributed by atoms with E-state index >= 15 is 0 Å². The predicted molar refractivity (Wildman–Crippen MR) is 117 cm³/mol. The Labute approximate surface area is 180 Å². The van der Waals surface area contributed by atoms with Crippen LogP contribution in [0.3, 0.4) is 0 Å². The summed E-state index contributed by atoms with van der Waals surface area (Å²) in [6.07, 6.45) is 4.83. The number of anilines is 1. The normalized spacial score (nSPS) is 11.3. The van der Waals surface area contributed by atoms with Gasteiger partial charge in [-0.25, -0.2) is 23.5 Å². The second-order valence-corrected chi connectivity index (χ2v) is 8.65. The van der Waals surface area contributed by atoms with E-state index in [1.54, 1.807) is 48.8 Å². The van der Waals surface area contributed by atoms with Crippen LogP contribution in [-0.4, -0.2) is 24.3 Å². The minimum Gasteiger partial charge on any atom is -0.326 e. The molecular weight excluding hydrogens is 424 g/mol. The lowest BCUT2D eigenvalue weighted by Crippen LogP contribution is -2.17. The molecule has 0 atom stereocenters. The first-order chi connectivity index (χ1) is 14.3. The van der Waals surface area contributed by atoms with Crippen molar-refractivity contribution in [1.29, 1.82) is 0 Å². The van der Waals surface area contributed by atoms with Crippen LogP contribution in [0.5, 0.6) is 0 Å². The van der Waals surface area contributed by atoms with E-state index < -0.39 is 10.0 Å². The van der Waals surface area contributed by atoms with Gasteiger partial charge in [0.25, 0.3) is 0 Å². The number of nitrogens with two attached hydrogens (primary N) is 1. The molecule has 156 valence electrons. The number of halogens is 1. The molecule has 1 heterocycles. The highest BCUT2D eigenvalue weighted by Crippen LogP contribution is 2.29. The van der Waals surface area contributed by atoms with Crippen molar-refractivity contribution in [1.82, 2.24) is 9.97 Å². The third kappa shape index (κ3) is 5.41. The third-order valence-corrected chi connectivity index (χ3v) is 5.69. The number of nitrogens with one attached hydrogen (secondary N) is 1. The van der Waals surface area contributed by atoms with Crippen LogP contribution >= 0.6 is 11.6 Å². The molecule has 7 nitrogen and oxygen atoms in total. The molecular formula is C21H21ClN4O3S. The molecule has 0 bridgehead atoms. The topological polar surface area (TPSA) is 115 Å². The summed E-state index contributed by atoms with van der Waals surface area (Å²) in [5, 5.41) is 8.59. The zero-order valence-corrected chi connectivity index (χ0v) is 17.9. The van der Waals surface area contributed by atoms with Crippen molar-refractivity contribution < 1.29 is 13.2 Å². The molecule has 2 aromatic carbocycles. The molecule has 0 spiro atoms. The maximum absolute atomic E-state index is 12.4. The molecule has 3 rings (SSSR count). The van der Waals surface area contributed by atoms with Crippen LogP contribution in [0.4, 0.5) is 5.69 Å². The summed E-state index contributed by atoms with van der Waals surface area (Å²) in [6.45, 7) is 2.02. The van der Waals surface area contributed by atoms with Gasteiger partial charge in [-0.2, -0.15) is 0 Å². The lowest BCUT2D eigenvalue weighted by Gasteiger charge is -2.12. The molecule has 0 fully saturated rings. The Bertz CT molecular complexity index is 1170. The SMILES string of the molecule is CCCc1ncc(-c2ccc(NC(=O)Cc3ccccc3Cl)cc2S(N)(=O)=O)cn1. The molecule has 0 aliphatic heterocycles. The fourth-order valence-electron chi connectivity index (χ4n) is 2.94. The summed E-state index contributed by atoms with van der Waals surface area (Å²) in [4.78, 5) is 20.8. The van der Waals surface area contributed by atoms with Gasteiger partial charge in [0, 0.05) is 40.7 Å². The maximum atomic E-state index is 12.4. The minimum absolute atomic E-state index is 0.0544. The highest BCUT2D eigenvalue weighted by molar-refractivity contribution is 7.89. The van der Waals surface area contributed by atoms with Gasteiger partial charge in [-0.05, 0) is 30.2 Å². The average Bonchev–Trinajstić information content (AvgIpc) is 2.70.